The molecular weight excluding hydrogens is 649 g/mol. The number of thioether (sulfide) groups is 1. The van der Waals surface area contributed by atoms with E-state index < -0.39 is 0 Å². The summed E-state index contributed by atoms with van der Waals surface area (Å²) < 4.78 is 2.51. The summed E-state index contributed by atoms with van der Waals surface area (Å²) >= 11 is 9.57. The molecule has 0 atom stereocenters. The van der Waals surface area contributed by atoms with Gasteiger partial charge in [-0.15, -0.1) is 47.1 Å². The number of thiol groups is 1. The molecule has 0 N–H and O–H groups in total. The minimum Gasteiger partial charge on any atom is -0.292 e. The van der Waals surface area contributed by atoms with Crippen molar-refractivity contribution in [3.8, 4) is 0 Å². The average Bonchev–Trinajstić information content (AvgIpc) is 3.80. The Labute approximate surface area is 298 Å². The van der Waals surface area contributed by atoms with Crippen molar-refractivity contribution in [3.05, 3.63) is 179 Å². The molecule has 2 aliphatic rings. The minimum absolute atomic E-state index is 0.373. The number of likely N-dealkylation sites (tertiary alicyclic amines) is 2. The monoisotopic (exact) mass is 690 g/mol. The Morgan fingerprint density at radius 1 is 0.532 bits per heavy atom. The van der Waals surface area contributed by atoms with Gasteiger partial charge in [0, 0.05) is 31.4 Å². The van der Waals surface area contributed by atoms with Crippen LogP contribution < -0.4 is 0 Å². The summed E-state index contributed by atoms with van der Waals surface area (Å²) in [6, 6.07) is 52.5. The first-order chi connectivity index (χ1) is 23.1. The molecule has 0 amide bonds. The fourth-order valence-corrected chi connectivity index (χ4v) is 9.23. The maximum Gasteiger partial charge on any atom is 0.0602 e. The Kier molecular flexibility index (Phi) is 12.5. The molecule has 240 valence electrons. The molecule has 47 heavy (non-hydrogen) atoms. The highest BCUT2D eigenvalue weighted by Crippen LogP contribution is 2.39. The van der Waals surface area contributed by atoms with Crippen LogP contribution in [0.4, 0.5) is 0 Å². The Bertz CT molecular complexity index is 1600. The highest BCUT2D eigenvalue weighted by Gasteiger charge is 2.34. The molecule has 6 heteroatoms. The quantitative estimate of drug-likeness (QED) is 0.159. The first-order valence-corrected chi connectivity index (χ1v) is 19.3. The summed E-state index contributed by atoms with van der Waals surface area (Å²) in [5.74, 6) is 0.833. The largest absolute Gasteiger partial charge is 0.292 e. The number of benzene rings is 4. The van der Waals surface area contributed by atoms with Crippen LogP contribution >= 0.6 is 47.1 Å². The summed E-state index contributed by atoms with van der Waals surface area (Å²) in [6.45, 7) is 7.03. The van der Waals surface area contributed by atoms with Gasteiger partial charge in [-0.25, -0.2) is 0 Å². The highest BCUT2D eigenvalue weighted by atomic mass is 32.2. The molecule has 0 spiro atoms. The third kappa shape index (κ3) is 9.50. The van der Waals surface area contributed by atoms with Crippen LogP contribution in [0.15, 0.2) is 165 Å². The molecule has 2 aromatic heterocycles. The second-order valence-electron chi connectivity index (χ2n) is 12.1. The molecule has 0 bridgehead atoms. The van der Waals surface area contributed by atoms with Crippen LogP contribution in [0, 0.1) is 5.92 Å². The number of nitrogens with zero attached hydrogens (tertiary/aromatic N) is 2. The van der Waals surface area contributed by atoms with Crippen LogP contribution in [-0.4, -0.2) is 41.2 Å². The van der Waals surface area contributed by atoms with Crippen LogP contribution in [0.1, 0.15) is 41.3 Å². The third-order valence-electron chi connectivity index (χ3n) is 8.44. The number of hydrogen-bond acceptors (Lipinski definition) is 6. The van der Waals surface area contributed by atoms with Gasteiger partial charge in [-0.05, 0) is 51.1 Å². The number of rotatable bonds is 8. The van der Waals surface area contributed by atoms with E-state index in [1.165, 1.54) is 39.6 Å². The van der Waals surface area contributed by atoms with Crippen LogP contribution in [0.25, 0.3) is 0 Å². The smallest absolute Gasteiger partial charge is 0.0602 e. The topological polar surface area (TPSA) is 6.48 Å². The van der Waals surface area contributed by atoms with Gasteiger partial charge >= 0.3 is 0 Å². The predicted octanol–water partition coefficient (Wildman–Crippen LogP) is 11.1. The maximum absolute atomic E-state index is 4.05. The molecule has 4 aromatic carbocycles. The zero-order valence-corrected chi connectivity index (χ0v) is 30.1. The average molecular weight is 691 g/mol. The van der Waals surface area contributed by atoms with E-state index in [0.29, 0.717) is 17.3 Å². The summed E-state index contributed by atoms with van der Waals surface area (Å²) in [6.07, 6.45) is 0. The van der Waals surface area contributed by atoms with Gasteiger partial charge in [-0.2, -0.15) is 0 Å². The zero-order valence-electron chi connectivity index (χ0n) is 26.7. The number of hydrogen-bond donors (Lipinski definition) is 1. The highest BCUT2D eigenvalue weighted by molar-refractivity contribution is 8.01. The van der Waals surface area contributed by atoms with E-state index in [-0.39, 0.29) is 0 Å². The summed E-state index contributed by atoms with van der Waals surface area (Å²) in [4.78, 5) is 5.16. The van der Waals surface area contributed by atoms with E-state index in [4.69, 9.17) is 0 Å². The van der Waals surface area contributed by atoms with E-state index in [1.54, 1.807) is 11.3 Å². The third-order valence-corrected chi connectivity index (χ3v) is 11.8. The fraction of sp³-hybridized carbons (Fsp3) is 0.220. The van der Waals surface area contributed by atoms with Crippen LogP contribution in [0.5, 0.6) is 0 Å². The van der Waals surface area contributed by atoms with Gasteiger partial charge < -0.3 is 0 Å². The summed E-state index contributed by atoms with van der Waals surface area (Å²) in [7, 11) is 0. The van der Waals surface area contributed by atoms with E-state index in [0.717, 1.165) is 23.2 Å². The molecule has 2 saturated heterocycles. The molecule has 6 aromatic rings. The van der Waals surface area contributed by atoms with Gasteiger partial charge in [-0.3, -0.25) is 9.80 Å². The van der Waals surface area contributed by atoms with E-state index in [1.807, 2.05) is 40.6 Å². The van der Waals surface area contributed by atoms with Crippen LogP contribution in [-0.2, 0) is 0 Å². The predicted molar refractivity (Wildman–Crippen MR) is 207 cm³/mol. The lowest BCUT2D eigenvalue weighted by molar-refractivity contribution is 0.0796. The van der Waals surface area contributed by atoms with Crippen molar-refractivity contribution < 1.29 is 0 Å². The maximum atomic E-state index is 4.05. The first-order valence-electron chi connectivity index (χ1n) is 16.2. The van der Waals surface area contributed by atoms with Crippen molar-refractivity contribution in [1.82, 2.24) is 9.80 Å². The number of thiophene rings is 2. The second kappa shape index (κ2) is 17.3. The Balaban J connectivity index is 0.000000143. The van der Waals surface area contributed by atoms with Crippen molar-refractivity contribution in [3.63, 3.8) is 0 Å². The minimum atomic E-state index is 0.373. The van der Waals surface area contributed by atoms with Crippen molar-refractivity contribution in [1.29, 1.82) is 0 Å². The molecule has 0 saturated carbocycles. The Morgan fingerprint density at radius 2 is 0.936 bits per heavy atom. The van der Waals surface area contributed by atoms with Crippen LogP contribution in [0.3, 0.4) is 0 Å². The van der Waals surface area contributed by atoms with E-state index in [2.05, 4.69) is 168 Å². The van der Waals surface area contributed by atoms with Crippen LogP contribution in [0.2, 0.25) is 0 Å². The molecule has 8 rings (SSSR count). The van der Waals surface area contributed by atoms with Gasteiger partial charge in [0.1, 0.15) is 0 Å². The van der Waals surface area contributed by atoms with Crippen molar-refractivity contribution in [2.24, 2.45) is 5.92 Å². The van der Waals surface area contributed by atoms with Gasteiger partial charge in [0.2, 0.25) is 0 Å². The summed E-state index contributed by atoms with van der Waals surface area (Å²) in [5, 5.41) is 4.88. The molecule has 4 heterocycles. The molecular formula is C41H42N2S4. The lowest BCUT2D eigenvalue weighted by Gasteiger charge is -2.44. The van der Waals surface area contributed by atoms with E-state index in [9.17, 15) is 0 Å². The second-order valence-corrected chi connectivity index (χ2v) is 16.4. The molecule has 0 aliphatic carbocycles. The Hall–Kier alpha value is -3.10. The molecule has 2 nitrogen and oxygen atoms in total. The normalized spacial score (nSPS) is 15.2. The lowest BCUT2D eigenvalue weighted by Crippen LogP contribution is -2.50. The summed E-state index contributed by atoms with van der Waals surface area (Å²) in [5.41, 5.74) is 5.57. The SMILES string of the molecule is CC1CN(C(c2ccccc2)c2ccccc2)C1.Sc1cccs1.c1ccc(C(c2ccccc2)N2CC(Sc3cccs3)C2)cc1. The first kappa shape index (κ1) is 33.8. The molecule has 2 aliphatic heterocycles. The lowest BCUT2D eigenvalue weighted by atomic mass is 9.91. The van der Waals surface area contributed by atoms with Gasteiger partial charge in [0.05, 0.1) is 20.5 Å². The van der Waals surface area contributed by atoms with Gasteiger partial charge in [0.25, 0.3) is 0 Å². The van der Waals surface area contributed by atoms with Crippen molar-refractivity contribution >= 4 is 47.1 Å². The molecule has 0 unspecified atom stereocenters. The van der Waals surface area contributed by atoms with Crippen molar-refractivity contribution in [2.75, 3.05) is 26.2 Å². The van der Waals surface area contributed by atoms with Gasteiger partial charge in [0.15, 0.2) is 0 Å². The fourth-order valence-electron chi connectivity index (χ4n) is 6.25. The van der Waals surface area contributed by atoms with E-state index >= 15 is 0 Å². The molecule has 2 fully saturated rings. The van der Waals surface area contributed by atoms with Crippen molar-refractivity contribution in [2.45, 2.75) is 32.7 Å². The van der Waals surface area contributed by atoms with Gasteiger partial charge in [-0.1, -0.05) is 140 Å². The Morgan fingerprint density at radius 3 is 1.26 bits per heavy atom. The zero-order chi connectivity index (χ0) is 32.3. The molecule has 0 radical (unpaired) electrons. The standard InChI is InChI=1S/C20H19NS2.C17H19N.C4H4S2/c1-3-8-16(9-4-1)20(17-10-5-2-6-11-17)21-14-18(15-21)23-19-12-7-13-22-19;1-14-12-18(13-14)17(15-8-4-2-5-9-15)16-10-6-3-7-11-16;5-4-2-1-3-6-4/h1-13,18,20H,14-15H2;2-11,14,17H,12-13H2,1H3;1-3,5H.